The number of rotatable bonds is 18. The Morgan fingerprint density at radius 3 is 1.68 bits per heavy atom. The third-order valence-electron chi connectivity index (χ3n) is 6.61. The number of ether oxygens (including phenoxy) is 9. The molecule has 3 aromatic rings. The van der Waals surface area contributed by atoms with Crippen LogP contribution in [-0.4, -0.2) is 58.0 Å². The third-order valence-corrected chi connectivity index (χ3v) is 6.61. The lowest BCUT2D eigenvalue weighted by Gasteiger charge is -2.23. The van der Waals surface area contributed by atoms with Crippen molar-refractivity contribution in [1.82, 2.24) is 0 Å². The van der Waals surface area contributed by atoms with Gasteiger partial charge in [-0.25, -0.2) is 19.2 Å². The molecule has 0 bridgehead atoms. The zero-order valence-electron chi connectivity index (χ0n) is 29.7. The molecule has 0 atom stereocenters. The molecule has 0 N–H and O–H groups in total. The van der Waals surface area contributed by atoms with Gasteiger partial charge in [-0.05, 0) is 62.7 Å². The van der Waals surface area contributed by atoms with Crippen molar-refractivity contribution >= 4 is 23.9 Å². The fraction of sp³-hybridized carbons (Fsp3) is 0.200. The first kappa shape index (κ1) is 40.5. The SMILES string of the molecule is C=CC(=O)OCOc1ccc(C#Cc2c(OC)c(OCOC(=O)C(=C)C)c(-c3ccc(OCOC(=O)C(=C)C)cc3)c(OC(=O)C=C)c2OCC)cc1. The molecular weight excluding hydrogens is 688 g/mol. The molecule has 0 spiro atoms. The van der Waals surface area contributed by atoms with E-state index >= 15 is 0 Å². The van der Waals surface area contributed by atoms with E-state index in [2.05, 4.69) is 38.2 Å². The van der Waals surface area contributed by atoms with Crippen molar-refractivity contribution in [3.8, 4) is 57.5 Å². The summed E-state index contributed by atoms with van der Waals surface area (Å²) in [5.41, 5.74) is 1.59. The highest BCUT2D eigenvalue weighted by Gasteiger charge is 2.30. The molecule has 0 aliphatic heterocycles. The van der Waals surface area contributed by atoms with Crippen molar-refractivity contribution < 1.29 is 61.8 Å². The fourth-order valence-corrected chi connectivity index (χ4v) is 4.13. The summed E-state index contributed by atoms with van der Waals surface area (Å²) in [7, 11) is 1.37. The summed E-state index contributed by atoms with van der Waals surface area (Å²) in [6.45, 7) is 17.5. The normalized spacial score (nSPS) is 9.89. The van der Waals surface area contributed by atoms with Crippen LogP contribution in [0.1, 0.15) is 31.9 Å². The van der Waals surface area contributed by atoms with Crippen LogP contribution in [0.4, 0.5) is 0 Å². The smallest absolute Gasteiger partial charge is 0.335 e. The second kappa shape index (κ2) is 20.0. The molecular formula is C40H38O13. The molecule has 0 saturated heterocycles. The van der Waals surface area contributed by atoms with Crippen LogP contribution in [0.15, 0.2) is 98.1 Å². The Kier molecular flexibility index (Phi) is 15.3. The van der Waals surface area contributed by atoms with Gasteiger partial charge >= 0.3 is 23.9 Å². The number of carbonyl (C=O) groups excluding carboxylic acids is 4. The lowest BCUT2D eigenvalue weighted by atomic mass is 9.98. The van der Waals surface area contributed by atoms with Gasteiger partial charge in [-0.15, -0.1) is 0 Å². The van der Waals surface area contributed by atoms with E-state index in [1.165, 1.54) is 21.0 Å². The van der Waals surface area contributed by atoms with Gasteiger partial charge in [0.25, 0.3) is 0 Å². The topological polar surface area (TPSA) is 151 Å². The summed E-state index contributed by atoms with van der Waals surface area (Å²) in [5.74, 6) is 3.96. The van der Waals surface area contributed by atoms with Crippen LogP contribution in [0.25, 0.3) is 11.1 Å². The summed E-state index contributed by atoms with van der Waals surface area (Å²) in [6, 6.07) is 12.9. The standard InChI is InChI=1S/C40H38O13/c1-9-32(41)49-22-47-29-17-12-27(13-18-29)14-21-31-35(45-8)37(50-24-52-40(44)26(6)7)34(38(36(31)46-11-3)53-33(42)10-2)28-15-19-30(20-16-28)48-23-51-39(43)25(4)5/h9-10,12-13,15-20H,1-2,4,6,11,22-24H2,3,5,7-8H3. The molecule has 0 radical (unpaired) electrons. The highest BCUT2D eigenvalue weighted by molar-refractivity contribution is 5.92. The average molecular weight is 727 g/mol. The van der Waals surface area contributed by atoms with Gasteiger partial charge < -0.3 is 42.6 Å². The quantitative estimate of drug-likeness (QED) is 0.0364. The van der Waals surface area contributed by atoms with Crippen molar-refractivity contribution in [1.29, 1.82) is 0 Å². The summed E-state index contributed by atoms with van der Waals surface area (Å²) >= 11 is 0. The van der Waals surface area contributed by atoms with Crippen LogP contribution < -0.4 is 28.4 Å². The van der Waals surface area contributed by atoms with E-state index in [-0.39, 0.29) is 65.5 Å². The van der Waals surface area contributed by atoms with Crippen LogP contribution in [0.2, 0.25) is 0 Å². The zero-order valence-corrected chi connectivity index (χ0v) is 29.7. The maximum absolute atomic E-state index is 12.8. The van der Waals surface area contributed by atoms with Crippen LogP contribution >= 0.6 is 0 Å². The van der Waals surface area contributed by atoms with Gasteiger partial charge in [0.2, 0.25) is 20.4 Å². The van der Waals surface area contributed by atoms with Gasteiger partial charge in [0, 0.05) is 28.9 Å². The molecule has 0 aliphatic rings. The highest BCUT2D eigenvalue weighted by atomic mass is 16.7. The molecule has 0 amide bonds. The van der Waals surface area contributed by atoms with Crippen LogP contribution in [0.5, 0.6) is 34.5 Å². The Morgan fingerprint density at radius 1 is 0.642 bits per heavy atom. The van der Waals surface area contributed by atoms with Crippen molar-refractivity contribution in [3.63, 3.8) is 0 Å². The van der Waals surface area contributed by atoms with Gasteiger partial charge in [0.05, 0.1) is 19.3 Å². The molecule has 0 fully saturated rings. The number of benzene rings is 3. The summed E-state index contributed by atoms with van der Waals surface area (Å²) in [5, 5.41) is 0. The average Bonchev–Trinajstić information content (AvgIpc) is 3.15. The molecule has 3 rings (SSSR count). The van der Waals surface area contributed by atoms with E-state index in [0.717, 1.165) is 12.2 Å². The predicted octanol–water partition coefficient (Wildman–Crippen LogP) is 6.23. The Hall–Kier alpha value is -6.94. The van der Waals surface area contributed by atoms with E-state index in [9.17, 15) is 19.2 Å². The first-order valence-corrected chi connectivity index (χ1v) is 15.7. The molecule has 0 saturated carbocycles. The number of carbonyl (C=O) groups is 4. The number of methoxy groups -OCH3 is 1. The van der Waals surface area contributed by atoms with E-state index in [1.807, 2.05) is 0 Å². The minimum absolute atomic E-state index is 0.0245. The van der Waals surface area contributed by atoms with E-state index in [1.54, 1.807) is 55.5 Å². The molecule has 0 aromatic heterocycles. The minimum atomic E-state index is -0.829. The summed E-state index contributed by atoms with van der Waals surface area (Å²) < 4.78 is 49.7. The van der Waals surface area contributed by atoms with Crippen LogP contribution in [0, 0.1) is 11.8 Å². The molecule has 0 unspecified atom stereocenters. The van der Waals surface area contributed by atoms with Crippen molar-refractivity contribution in [3.05, 3.63) is 109 Å². The Balaban J connectivity index is 2.20. The highest BCUT2D eigenvalue weighted by Crippen LogP contribution is 2.53. The Labute approximate surface area is 306 Å². The first-order chi connectivity index (χ1) is 25.4. The van der Waals surface area contributed by atoms with Crippen LogP contribution in [-0.2, 0) is 33.4 Å². The third kappa shape index (κ3) is 11.5. The predicted molar refractivity (Wildman–Crippen MR) is 192 cm³/mol. The zero-order chi connectivity index (χ0) is 38.9. The van der Waals surface area contributed by atoms with Gasteiger partial charge in [0.15, 0.2) is 23.0 Å². The molecule has 53 heavy (non-hydrogen) atoms. The Bertz CT molecular complexity index is 1930. The van der Waals surface area contributed by atoms with Crippen molar-refractivity contribution in [2.24, 2.45) is 0 Å². The monoisotopic (exact) mass is 726 g/mol. The van der Waals surface area contributed by atoms with E-state index in [0.29, 0.717) is 22.6 Å². The largest absolute Gasteiger partial charge is 0.491 e. The summed E-state index contributed by atoms with van der Waals surface area (Å²) in [4.78, 5) is 48.1. The number of esters is 4. The molecule has 13 heteroatoms. The minimum Gasteiger partial charge on any atom is -0.491 e. The molecule has 3 aromatic carbocycles. The van der Waals surface area contributed by atoms with Crippen molar-refractivity contribution in [2.75, 3.05) is 34.1 Å². The second-order valence-corrected chi connectivity index (χ2v) is 10.5. The van der Waals surface area contributed by atoms with Crippen molar-refractivity contribution in [2.45, 2.75) is 20.8 Å². The van der Waals surface area contributed by atoms with Gasteiger partial charge in [0.1, 0.15) is 17.1 Å². The van der Waals surface area contributed by atoms with E-state index < -0.39 is 30.7 Å². The molecule has 13 nitrogen and oxygen atoms in total. The Morgan fingerprint density at radius 2 is 1.17 bits per heavy atom. The molecule has 276 valence electrons. The first-order valence-electron chi connectivity index (χ1n) is 15.7. The van der Waals surface area contributed by atoms with E-state index in [4.69, 9.17) is 42.6 Å². The van der Waals surface area contributed by atoms with Gasteiger partial charge in [-0.1, -0.05) is 50.3 Å². The van der Waals surface area contributed by atoms with Gasteiger partial charge in [-0.3, -0.25) is 0 Å². The lowest BCUT2D eigenvalue weighted by Crippen LogP contribution is -2.14. The fourth-order valence-electron chi connectivity index (χ4n) is 4.13. The maximum atomic E-state index is 12.8. The summed E-state index contributed by atoms with van der Waals surface area (Å²) in [6.07, 6.45) is 1.99. The van der Waals surface area contributed by atoms with Gasteiger partial charge in [-0.2, -0.15) is 0 Å². The van der Waals surface area contributed by atoms with Crippen LogP contribution in [0.3, 0.4) is 0 Å². The number of hydrogen-bond donors (Lipinski definition) is 0. The molecule has 0 aliphatic carbocycles. The maximum Gasteiger partial charge on any atom is 0.335 e. The second-order valence-electron chi connectivity index (χ2n) is 10.5. The molecule has 0 heterocycles. The lowest BCUT2D eigenvalue weighted by molar-refractivity contribution is -0.146. The number of hydrogen-bond acceptors (Lipinski definition) is 13.